The Morgan fingerprint density at radius 1 is 1.23 bits per heavy atom. The van der Waals surface area contributed by atoms with Gasteiger partial charge in [0.05, 0.1) is 21.9 Å². The molecule has 1 aromatic carbocycles. The van der Waals surface area contributed by atoms with Crippen LogP contribution in [0.15, 0.2) is 50.4 Å². The Kier molecular flexibility index (Phi) is 6.91. The van der Waals surface area contributed by atoms with Gasteiger partial charge < -0.3 is 14.3 Å². The Morgan fingerprint density at radius 3 is 2.67 bits per heavy atom. The van der Waals surface area contributed by atoms with Crippen molar-refractivity contribution in [3.63, 3.8) is 0 Å². The van der Waals surface area contributed by atoms with Gasteiger partial charge in [-0.15, -0.1) is 0 Å². The summed E-state index contributed by atoms with van der Waals surface area (Å²) in [4.78, 5) is 16.6. The molecule has 160 valence electrons. The van der Waals surface area contributed by atoms with Gasteiger partial charge in [-0.2, -0.15) is 9.29 Å². The third-order valence-electron chi connectivity index (χ3n) is 4.33. The van der Waals surface area contributed by atoms with Gasteiger partial charge in [-0.05, 0) is 30.3 Å². The van der Waals surface area contributed by atoms with E-state index in [1.54, 1.807) is 26.0 Å². The first-order valence-electron chi connectivity index (χ1n) is 9.31. The van der Waals surface area contributed by atoms with Gasteiger partial charge in [0.2, 0.25) is 27.6 Å². The summed E-state index contributed by atoms with van der Waals surface area (Å²) in [6, 6.07) is 7.62. The number of sulfonamides is 1. The molecule has 1 amide bonds. The number of carbonyl (C=O) groups excluding carboxylic acids is 1. The summed E-state index contributed by atoms with van der Waals surface area (Å²) >= 11 is 6.14. The number of hydrogen-bond acceptors (Lipinski definition) is 7. The van der Waals surface area contributed by atoms with Crippen LogP contribution in [-0.2, 0) is 21.2 Å². The molecule has 0 saturated carbocycles. The van der Waals surface area contributed by atoms with Crippen LogP contribution >= 0.6 is 11.6 Å². The lowest BCUT2D eigenvalue weighted by Crippen LogP contribution is -2.30. The summed E-state index contributed by atoms with van der Waals surface area (Å²) in [6.07, 6.45) is 1.74. The van der Waals surface area contributed by atoms with Gasteiger partial charge in [0.1, 0.15) is 0 Å². The average molecular weight is 453 g/mol. The molecule has 1 N–H and O–H groups in total. The van der Waals surface area contributed by atoms with E-state index in [1.165, 1.54) is 28.8 Å². The molecule has 0 aliphatic carbocycles. The quantitative estimate of drug-likeness (QED) is 0.526. The molecule has 0 radical (unpaired) electrons. The minimum Gasteiger partial charge on any atom is -0.461 e. The van der Waals surface area contributed by atoms with Crippen LogP contribution < -0.4 is 5.32 Å². The number of nitrogens with zero attached hydrogens (tertiary/aromatic N) is 3. The zero-order valence-corrected chi connectivity index (χ0v) is 18.0. The molecule has 3 rings (SSSR count). The van der Waals surface area contributed by atoms with Crippen molar-refractivity contribution in [2.75, 3.05) is 18.4 Å². The molecule has 0 fully saturated rings. The molecule has 0 unspecified atom stereocenters. The molecule has 0 aliphatic heterocycles. The number of carbonyl (C=O) groups is 1. The monoisotopic (exact) mass is 452 g/mol. The molecule has 0 bridgehead atoms. The van der Waals surface area contributed by atoms with Gasteiger partial charge in [-0.3, -0.25) is 4.79 Å². The van der Waals surface area contributed by atoms with Gasteiger partial charge >= 0.3 is 0 Å². The van der Waals surface area contributed by atoms with Crippen molar-refractivity contribution in [1.82, 2.24) is 14.4 Å². The first kappa shape index (κ1) is 22.0. The number of furan rings is 1. The summed E-state index contributed by atoms with van der Waals surface area (Å²) in [5.41, 5.74) is 0.219. The minimum atomic E-state index is -3.67. The second-order valence-corrected chi connectivity index (χ2v) is 8.61. The molecule has 2 heterocycles. The predicted octanol–water partition coefficient (Wildman–Crippen LogP) is 3.58. The number of hydrogen-bond donors (Lipinski definition) is 1. The molecular formula is C19H21ClN4O5S. The van der Waals surface area contributed by atoms with Crippen molar-refractivity contribution in [3.05, 3.63) is 47.5 Å². The zero-order chi connectivity index (χ0) is 21.7. The van der Waals surface area contributed by atoms with E-state index < -0.39 is 10.0 Å². The Bertz CT molecular complexity index is 1110. The van der Waals surface area contributed by atoms with E-state index in [1.807, 2.05) is 0 Å². The lowest BCUT2D eigenvalue weighted by atomic mass is 10.2. The molecule has 0 aliphatic rings. The van der Waals surface area contributed by atoms with Gasteiger partial charge in [-0.25, -0.2) is 8.42 Å². The number of nitrogens with one attached hydrogen (secondary N) is 1. The number of anilines is 1. The third kappa shape index (κ3) is 4.89. The molecule has 2 aromatic heterocycles. The van der Waals surface area contributed by atoms with Crippen molar-refractivity contribution in [3.8, 4) is 11.6 Å². The minimum absolute atomic E-state index is 0.0448. The van der Waals surface area contributed by atoms with Crippen molar-refractivity contribution < 1.29 is 22.2 Å². The van der Waals surface area contributed by atoms with E-state index in [0.717, 1.165) is 0 Å². The number of benzene rings is 1. The molecule has 11 heteroatoms. The van der Waals surface area contributed by atoms with Gasteiger partial charge in [0.15, 0.2) is 5.76 Å². The zero-order valence-electron chi connectivity index (χ0n) is 16.5. The highest BCUT2D eigenvalue weighted by molar-refractivity contribution is 7.89. The Morgan fingerprint density at radius 2 is 2.00 bits per heavy atom. The summed E-state index contributed by atoms with van der Waals surface area (Å²) < 4.78 is 37.0. The molecule has 9 nitrogen and oxygen atoms in total. The first-order chi connectivity index (χ1) is 14.3. The van der Waals surface area contributed by atoms with Gasteiger partial charge in [-0.1, -0.05) is 30.6 Å². The Balaban J connectivity index is 1.66. The molecule has 0 atom stereocenters. The van der Waals surface area contributed by atoms with Gasteiger partial charge in [0.25, 0.3) is 0 Å². The number of rotatable bonds is 9. The molecule has 0 saturated heterocycles. The standard InChI is InChI=1S/C19H21ClN4O5S/c1-3-24(4-2)30(26,27)13-7-8-14(20)15(12-13)21-17(25)9-10-18-22-19(23-29-18)16-6-5-11-28-16/h5-8,11-12H,3-4,9-10H2,1-2H3,(H,21,25). The van der Waals surface area contributed by atoms with Crippen molar-refractivity contribution in [2.24, 2.45) is 0 Å². The SMILES string of the molecule is CCN(CC)S(=O)(=O)c1ccc(Cl)c(NC(=O)CCc2nc(-c3ccco3)no2)c1. The van der Waals surface area contributed by atoms with Crippen LogP contribution in [0.2, 0.25) is 5.02 Å². The lowest BCUT2D eigenvalue weighted by molar-refractivity contribution is -0.116. The molecular weight excluding hydrogens is 432 g/mol. The highest BCUT2D eigenvalue weighted by Crippen LogP contribution is 2.27. The first-order valence-corrected chi connectivity index (χ1v) is 11.1. The molecule has 30 heavy (non-hydrogen) atoms. The number of aryl methyl sites for hydroxylation is 1. The lowest BCUT2D eigenvalue weighted by Gasteiger charge is -2.19. The fourth-order valence-electron chi connectivity index (χ4n) is 2.77. The van der Waals surface area contributed by atoms with E-state index >= 15 is 0 Å². The summed E-state index contributed by atoms with van der Waals surface area (Å²) in [6.45, 7) is 4.20. The highest BCUT2D eigenvalue weighted by Gasteiger charge is 2.23. The van der Waals surface area contributed by atoms with Crippen molar-refractivity contribution in [2.45, 2.75) is 31.6 Å². The van der Waals surface area contributed by atoms with E-state index in [2.05, 4.69) is 15.5 Å². The summed E-state index contributed by atoms with van der Waals surface area (Å²) in [7, 11) is -3.67. The maximum atomic E-state index is 12.7. The third-order valence-corrected chi connectivity index (χ3v) is 6.71. The molecule has 3 aromatic rings. The van der Waals surface area contributed by atoms with E-state index in [-0.39, 0.29) is 40.2 Å². The van der Waals surface area contributed by atoms with Crippen molar-refractivity contribution >= 4 is 33.2 Å². The fourth-order valence-corrected chi connectivity index (χ4v) is 4.42. The van der Waals surface area contributed by atoms with E-state index in [4.69, 9.17) is 20.5 Å². The van der Waals surface area contributed by atoms with Crippen LogP contribution in [0.1, 0.15) is 26.2 Å². The number of aromatic nitrogens is 2. The summed E-state index contributed by atoms with van der Waals surface area (Å²) in [5, 5.41) is 6.68. The fraction of sp³-hybridized carbons (Fsp3) is 0.316. The van der Waals surface area contributed by atoms with Crippen LogP contribution in [0.5, 0.6) is 0 Å². The average Bonchev–Trinajstić information content (AvgIpc) is 3.40. The van der Waals surface area contributed by atoms with Crippen LogP contribution in [0.25, 0.3) is 11.6 Å². The van der Waals surface area contributed by atoms with Crippen LogP contribution in [0.3, 0.4) is 0 Å². The van der Waals surface area contributed by atoms with Gasteiger partial charge in [0, 0.05) is 25.9 Å². The predicted molar refractivity (Wildman–Crippen MR) is 111 cm³/mol. The van der Waals surface area contributed by atoms with E-state index in [0.29, 0.717) is 24.7 Å². The normalized spacial score (nSPS) is 11.7. The smallest absolute Gasteiger partial charge is 0.243 e. The Labute approximate surface area is 179 Å². The second-order valence-electron chi connectivity index (χ2n) is 6.27. The number of halogens is 1. The maximum Gasteiger partial charge on any atom is 0.243 e. The topological polar surface area (TPSA) is 119 Å². The van der Waals surface area contributed by atoms with Crippen molar-refractivity contribution in [1.29, 1.82) is 0 Å². The van der Waals surface area contributed by atoms with Crippen LogP contribution in [-0.4, -0.2) is 41.9 Å². The second kappa shape index (κ2) is 9.41. The van der Waals surface area contributed by atoms with Crippen LogP contribution in [0.4, 0.5) is 5.69 Å². The maximum absolute atomic E-state index is 12.7. The summed E-state index contributed by atoms with van der Waals surface area (Å²) in [5.74, 6) is 0.674. The largest absolute Gasteiger partial charge is 0.461 e. The highest BCUT2D eigenvalue weighted by atomic mass is 35.5. The van der Waals surface area contributed by atoms with E-state index in [9.17, 15) is 13.2 Å². The molecule has 0 spiro atoms. The van der Waals surface area contributed by atoms with Crippen LogP contribution in [0, 0.1) is 0 Å². The number of amides is 1. The Hall–Kier alpha value is -2.69.